The Labute approximate surface area is 94.2 Å². The summed E-state index contributed by atoms with van der Waals surface area (Å²) in [7, 11) is 0. The zero-order chi connectivity index (χ0) is 11.5. The number of nitrogens with one attached hydrogen (secondary N) is 1. The largest absolute Gasteiger partial charge is 0.480 e. The molecule has 1 amide bonds. The molecule has 0 aromatic carbocycles. The Bertz CT molecular complexity index is 292. The Morgan fingerprint density at radius 3 is 2.62 bits per heavy atom. The predicted molar refractivity (Wildman–Crippen MR) is 55.8 cm³/mol. The van der Waals surface area contributed by atoms with Gasteiger partial charge in [-0.15, -0.1) is 0 Å². The standard InChI is InChI=1S/C11H17NO4/c13-10(5-16-6-11(14)15)12-9-4-7-1-2-8(9)3-7/h7-9H,1-6H2,(H,12,13)(H,14,15). The van der Waals surface area contributed by atoms with Crippen LogP contribution in [0.1, 0.15) is 25.7 Å². The Hall–Kier alpha value is -1.10. The van der Waals surface area contributed by atoms with Gasteiger partial charge in [-0.25, -0.2) is 4.79 Å². The number of ether oxygens (including phenoxy) is 1. The van der Waals surface area contributed by atoms with Gasteiger partial charge >= 0.3 is 5.97 Å². The van der Waals surface area contributed by atoms with E-state index in [1.54, 1.807) is 0 Å². The Balaban J connectivity index is 1.66. The molecule has 2 bridgehead atoms. The number of aliphatic carboxylic acids is 1. The van der Waals surface area contributed by atoms with E-state index >= 15 is 0 Å². The molecule has 0 spiro atoms. The number of rotatable bonds is 5. The molecule has 0 heterocycles. The highest BCUT2D eigenvalue weighted by Gasteiger charge is 2.39. The highest BCUT2D eigenvalue weighted by molar-refractivity contribution is 5.78. The number of carbonyl (C=O) groups excluding carboxylic acids is 1. The van der Waals surface area contributed by atoms with Crippen LogP contribution in [0.15, 0.2) is 0 Å². The van der Waals surface area contributed by atoms with Crippen molar-refractivity contribution in [3.63, 3.8) is 0 Å². The number of carbonyl (C=O) groups is 2. The summed E-state index contributed by atoms with van der Waals surface area (Å²) in [5.41, 5.74) is 0. The number of carboxylic acids is 1. The van der Waals surface area contributed by atoms with Gasteiger partial charge in [0.25, 0.3) is 0 Å². The molecule has 2 aliphatic carbocycles. The van der Waals surface area contributed by atoms with E-state index < -0.39 is 12.6 Å². The summed E-state index contributed by atoms with van der Waals surface area (Å²) in [5.74, 6) is 0.176. The molecule has 0 aromatic rings. The molecule has 2 fully saturated rings. The van der Waals surface area contributed by atoms with Gasteiger partial charge in [-0.05, 0) is 31.1 Å². The molecule has 3 atom stereocenters. The monoisotopic (exact) mass is 227 g/mol. The number of amides is 1. The van der Waals surface area contributed by atoms with Crippen molar-refractivity contribution < 1.29 is 19.4 Å². The van der Waals surface area contributed by atoms with Crippen LogP contribution in [0.2, 0.25) is 0 Å². The van der Waals surface area contributed by atoms with E-state index in [2.05, 4.69) is 5.32 Å². The summed E-state index contributed by atoms with van der Waals surface area (Å²) in [6.45, 7) is -0.565. The third-order valence-electron chi connectivity index (χ3n) is 3.54. The second-order valence-electron chi connectivity index (χ2n) is 4.74. The first-order valence-corrected chi connectivity index (χ1v) is 5.74. The molecule has 2 rings (SSSR count). The lowest BCUT2D eigenvalue weighted by molar-refractivity contribution is -0.143. The van der Waals surface area contributed by atoms with Crippen molar-refractivity contribution in [3.05, 3.63) is 0 Å². The lowest BCUT2D eigenvalue weighted by Gasteiger charge is -2.22. The highest BCUT2D eigenvalue weighted by atomic mass is 16.5. The molecular formula is C11H17NO4. The molecule has 2 N–H and O–H groups in total. The third kappa shape index (κ3) is 2.72. The smallest absolute Gasteiger partial charge is 0.329 e. The molecule has 0 saturated heterocycles. The van der Waals surface area contributed by atoms with Gasteiger partial charge in [0.15, 0.2) is 0 Å². The normalized spacial score (nSPS) is 31.6. The number of hydrogen-bond donors (Lipinski definition) is 2. The molecule has 0 radical (unpaired) electrons. The predicted octanol–water partition coefficient (Wildman–Crippen LogP) is 0.392. The summed E-state index contributed by atoms with van der Waals surface area (Å²) < 4.78 is 4.74. The molecule has 5 nitrogen and oxygen atoms in total. The van der Waals surface area contributed by atoms with E-state index in [0.717, 1.165) is 12.3 Å². The first kappa shape index (κ1) is 11.4. The second-order valence-corrected chi connectivity index (χ2v) is 4.74. The van der Waals surface area contributed by atoms with Crippen molar-refractivity contribution in [2.45, 2.75) is 31.7 Å². The summed E-state index contributed by atoms with van der Waals surface area (Å²) in [5, 5.41) is 11.3. The second kappa shape index (κ2) is 4.82. The fraction of sp³-hybridized carbons (Fsp3) is 0.818. The maximum atomic E-state index is 11.4. The van der Waals surface area contributed by atoms with Crippen LogP contribution in [-0.2, 0) is 14.3 Å². The number of fused-ring (bicyclic) bond motifs is 2. The average Bonchev–Trinajstić information content (AvgIpc) is 2.78. The van der Waals surface area contributed by atoms with Gasteiger partial charge < -0.3 is 15.2 Å². The van der Waals surface area contributed by atoms with E-state index in [0.29, 0.717) is 12.0 Å². The van der Waals surface area contributed by atoms with E-state index in [1.807, 2.05) is 0 Å². The van der Waals surface area contributed by atoms with Crippen LogP contribution in [0.4, 0.5) is 0 Å². The van der Waals surface area contributed by atoms with Crippen molar-refractivity contribution >= 4 is 11.9 Å². The molecule has 2 aliphatic rings. The minimum absolute atomic E-state index is 0.153. The van der Waals surface area contributed by atoms with Crippen molar-refractivity contribution in [1.82, 2.24) is 5.32 Å². The van der Waals surface area contributed by atoms with Crippen LogP contribution < -0.4 is 5.32 Å². The zero-order valence-electron chi connectivity index (χ0n) is 9.15. The van der Waals surface area contributed by atoms with E-state index in [-0.39, 0.29) is 12.5 Å². The van der Waals surface area contributed by atoms with Crippen LogP contribution in [0.5, 0.6) is 0 Å². The van der Waals surface area contributed by atoms with Crippen molar-refractivity contribution in [2.75, 3.05) is 13.2 Å². The molecule has 5 heteroatoms. The van der Waals surface area contributed by atoms with Gasteiger partial charge in [0.1, 0.15) is 13.2 Å². The lowest BCUT2D eigenvalue weighted by atomic mass is 9.95. The maximum Gasteiger partial charge on any atom is 0.329 e. The maximum absolute atomic E-state index is 11.4. The fourth-order valence-corrected chi connectivity index (χ4v) is 2.90. The van der Waals surface area contributed by atoms with Crippen molar-refractivity contribution in [2.24, 2.45) is 11.8 Å². The summed E-state index contributed by atoms with van der Waals surface area (Å²) in [4.78, 5) is 21.6. The van der Waals surface area contributed by atoms with Gasteiger partial charge in [-0.3, -0.25) is 4.79 Å². The van der Waals surface area contributed by atoms with Crippen molar-refractivity contribution in [3.8, 4) is 0 Å². The number of hydrogen-bond acceptors (Lipinski definition) is 3. The van der Waals surface area contributed by atoms with Crippen LogP contribution in [0, 0.1) is 11.8 Å². The third-order valence-corrected chi connectivity index (χ3v) is 3.54. The van der Waals surface area contributed by atoms with Crippen LogP contribution in [0.25, 0.3) is 0 Å². The minimum atomic E-state index is -1.05. The quantitative estimate of drug-likeness (QED) is 0.712. The molecular weight excluding hydrogens is 210 g/mol. The Morgan fingerprint density at radius 2 is 2.06 bits per heavy atom. The Morgan fingerprint density at radius 1 is 1.25 bits per heavy atom. The zero-order valence-corrected chi connectivity index (χ0v) is 9.15. The van der Waals surface area contributed by atoms with Crippen LogP contribution >= 0.6 is 0 Å². The van der Waals surface area contributed by atoms with Gasteiger partial charge in [-0.2, -0.15) is 0 Å². The summed E-state index contributed by atoms with van der Waals surface area (Å²) >= 11 is 0. The van der Waals surface area contributed by atoms with Gasteiger partial charge in [0.2, 0.25) is 5.91 Å². The van der Waals surface area contributed by atoms with E-state index in [4.69, 9.17) is 9.84 Å². The van der Waals surface area contributed by atoms with Crippen molar-refractivity contribution in [1.29, 1.82) is 0 Å². The molecule has 0 aromatic heterocycles. The average molecular weight is 227 g/mol. The first-order chi connectivity index (χ1) is 7.65. The number of carboxylic acid groups (broad SMARTS) is 1. The van der Waals surface area contributed by atoms with Gasteiger partial charge in [-0.1, -0.05) is 6.42 Å². The van der Waals surface area contributed by atoms with Gasteiger partial charge in [0.05, 0.1) is 0 Å². The lowest BCUT2D eigenvalue weighted by Crippen LogP contribution is -2.40. The topological polar surface area (TPSA) is 75.6 Å². The highest BCUT2D eigenvalue weighted by Crippen LogP contribution is 2.44. The van der Waals surface area contributed by atoms with Crippen LogP contribution in [0.3, 0.4) is 0 Å². The van der Waals surface area contributed by atoms with Gasteiger partial charge in [0, 0.05) is 6.04 Å². The SMILES string of the molecule is O=C(O)COCC(=O)NC1CC2CCC1C2. The molecule has 3 unspecified atom stereocenters. The minimum Gasteiger partial charge on any atom is -0.480 e. The Kier molecular flexibility index (Phi) is 3.43. The molecule has 90 valence electrons. The van der Waals surface area contributed by atoms with Crippen LogP contribution in [-0.4, -0.2) is 36.2 Å². The fourth-order valence-electron chi connectivity index (χ4n) is 2.90. The van der Waals surface area contributed by atoms with E-state index in [1.165, 1.54) is 19.3 Å². The molecule has 2 saturated carbocycles. The first-order valence-electron chi connectivity index (χ1n) is 5.74. The summed E-state index contributed by atoms with van der Waals surface area (Å²) in [6, 6.07) is 0.291. The molecule has 16 heavy (non-hydrogen) atoms. The van der Waals surface area contributed by atoms with E-state index in [9.17, 15) is 9.59 Å². The molecule has 0 aliphatic heterocycles. The summed E-state index contributed by atoms with van der Waals surface area (Å²) in [6.07, 6.45) is 4.83.